The van der Waals surface area contributed by atoms with E-state index in [9.17, 15) is 15.2 Å². The van der Waals surface area contributed by atoms with Crippen molar-refractivity contribution in [2.45, 2.75) is 38.7 Å². The second-order valence-corrected chi connectivity index (χ2v) is 5.33. The summed E-state index contributed by atoms with van der Waals surface area (Å²) in [5.41, 5.74) is 1.59. The lowest BCUT2D eigenvalue weighted by molar-refractivity contribution is -0.385. The lowest BCUT2D eigenvalue weighted by atomic mass is 9.87. The molecule has 0 aromatic heterocycles. The molecule has 1 aromatic carbocycles. The third-order valence-electron chi connectivity index (χ3n) is 3.76. The number of aryl methyl sites for hydroxylation is 1. The summed E-state index contributed by atoms with van der Waals surface area (Å²) in [6.07, 6.45) is 3.69. The maximum atomic E-state index is 10.9. The van der Waals surface area contributed by atoms with Crippen LogP contribution in [0.2, 0.25) is 0 Å². The minimum atomic E-state index is -0.356. The van der Waals surface area contributed by atoms with Gasteiger partial charge in [-0.15, -0.1) is 0 Å². The van der Waals surface area contributed by atoms with E-state index in [2.05, 4.69) is 5.32 Å². The molecule has 2 rings (SSSR count). The molecule has 2 unspecified atom stereocenters. The number of benzene rings is 1. The molecule has 104 valence electrons. The maximum absolute atomic E-state index is 10.9. The van der Waals surface area contributed by atoms with Gasteiger partial charge in [0.2, 0.25) is 0 Å². The van der Waals surface area contributed by atoms with Crippen LogP contribution in [-0.4, -0.2) is 22.7 Å². The van der Waals surface area contributed by atoms with Crippen molar-refractivity contribution in [3.63, 3.8) is 0 Å². The van der Waals surface area contributed by atoms with Crippen molar-refractivity contribution < 1.29 is 10.0 Å². The van der Waals surface area contributed by atoms with E-state index in [1.165, 1.54) is 0 Å². The van der Waals surface area contributed by atoms with Crippen LogP contribution in [0.15, 0.2) is 18.2 Å². The smallest absolute Gasteiger partial charge is 0.274 e. The molecule has 1 saturated carbocycles. The monoisotopic (exact) mass is 264 g/mol. The molecule has 19 heavy (non-hydrogen) atoms. The number of aliphatic hydroxyl groups is 1. The second-order valence-electron chi connectivity index (χ2n) is 5.33. The van der Waals surface area contributed by atoms with Gasteiger partial charge in [0.25, 0.3) is 5.69 Å². The van der Waals surface area contributed by atoms with Crippen molar-refractivity contribution in [3.8, 4) is 0 Å². The van der Waals surface area contributed by atoms with Gasteiger partial charge in [0, 0.05) is 23.9 Å². The van der Waals surface area contributed by atoms with Crippen molar-refractivity contribution in [2.75, 3.05) is 11.9 Å². The summed E-state index contributed by atoms with van der Waals surface area (Å²) in [4.78, 5) is 10.5. The third kappa shape index (κ3) is 3.67. The highest BCUT2D eigenvalue weighted by Gasteiger charge is 2.20. The fraction of sp³-hybridized carbons (Fsp3) is 0.571. The van der Waals surface area contributed by atoms with Gasteiger partial charge in [0.1, 0.15) is 0 Å². The molecule has 0 bridgehead atoms. The van der Waals surface area contributed by atoms with E-state index in [1.807, 2.05) is 6.07 Å². The average Bonchev–Trinajstić information content (AvgIpc) is 2.37. The highest BCUT2D eigenvalue weighted by atomic mass is 16.6. The van der Waals surface area contributed by atoms with Gasteiger partial charge in [-0.25, -0.2) is 0 Å². The van der Waals surface area contributed by atoms with Crippen LogP contribution >= 0.6 is 0 Å². The zero-order chi connectivity index (χ0) is 13.8. The van der Waals surface area contributed by atoms with Crippen LogP contribution in [0, 0.1) is 23.0 Å². The van der Waals surface area contributed by atoms with Crippen molar-refractivity contribution >= 4 is 11.4 Å². The third-order valence-corrected chi connectivity index (χ3v) is 3.76. The highest BCUT2D eigenvalue weighted by molar-refractivity contribution is 5.54. The first-order valence-electron chi connectivity index (χ1n) is 6.73. The Hall–Kier alpha value is -1.62. The topological polar surface area (TPSA) is 75.4 Å². The molecular weight excluding hydrogens is 244 g/mol. The van der Waals surface area contributed by atoms with Crippen molar-refractivity contribution in [2.24, 2.45) is 5.92 Å². The summed E-state index contributed by atoms with van der Waals surface area (Å²) in [5.74, 6) is 0.448. The molecular formula is C14H20N2O3. The number of nitrogens with zero attached hydrogens (tertiary/aromatic N) is 1. The van der Waals surface area contributed by atoms with Gasteiger partial charge >= 0.3 is 0 Å². The van der Waals surface area contributed by atoms with Crippen LogP contribution in [-0.2, 0) is 0 Å². The number of aliphatic hydroxyl groups excluding tert-OH is 1. The number of hydrogen-bond acceptors (Lipinski definition) is 4. The molecule has 0 amide bonds. The van der Waals surface area contributed by atoms with E-state index in [4.69, 9.17) is 0 Å². The van der Waals surface area contributed by atoms with E-state index in [-0.39, 0.29) is 16.7 Å². The molecule has 1 aliphatic carbocycles. The van der Waals surface area contributed by atoms with Crippen LogP contribution in [0.25, 0.3) is 0 Å². The summed E-state index contributed by atoms with van der Waals surface area (Å²) in [6, 6.07) is 5.20. The van der Waals surface area contributed by atoms with Crippen LogP contribution < -0.4 is 5.32 Å². The first kappa shape index (κ1) is 13.8. The first-order valence-corrected chi connectivity index (χ1v) is 6.73. The number of anilines is 1. The second kappa shape index (κ2) is 6.02. The van der Waals surface area contributed by atoms with Gasteiger partial charge in [-0.1, -0.05) is 12.5 Å². The Morgan fingerprint density at radius 3 is 2.95 bits per heavy atom. The number of hydrogen-bond donors (Lipinski definition) is 2. The van der Waals surface area contributed by atoms with Gasteiger partial charge in [-0.05, 0) is 38.2 Å². The molecule has 5 heteroatoms. The summed E-state index contributed by atoms with van der Waals surface area (Å²) in [7, 11) is 0. The summed E-state index contributed by atoms with van der Waals surface area (Å²) in [6.45, 7) is 2.50. The molecule has 5 nitrogen and oxygen atoms in total. The summed E-state index contributed by atoms with van der Waals surface area (Å²) in [5, 5.41) is 23.7. The fourth-order valence-electron chi connectivity index (χ4n) is 2.63. The Labute approximate surface area is 112 Å². The predicted molar refractivity (Wildman–Crippen MR) is 74.3 cm³/mol. The van der Waals surface area contributed by atoms with Crippen molar-refractivity contribution in [1.82, 2.24) is 0 Å². The van der Waals surface area contributed by atoms with E-state index >= 15 is 0 Å². The average molecular weight is 264 g/mol. The summed E-state index contributed by atoms with van der Waals surface area (Å²) < 4.78 is 0. The van der Waals surface area contributed by atoms with E-state index in [0.717, 1.165) is 37.9 Å². The van der Waals surface area contributed by atoms with Gasteiger partial charge < -0.3 is 10.4 Å². The Bertz CT molecular complexity index is 462. The number of nitro benzene ring substituents is 1. The highest BCUT2D eigenvalue weighted by Crippen LogP contribution is 2.26. The van der Waals surface area contributed by atoms with Crippen LogP contribution in [0.4, 0.5) is 11.4 Å². The molecule has 1 aliphatic rings. The Morgan fingerprint density at radius 1 is 1.47 bits per heavy atom. The molecule has 0 saturated heterocycles. The number of rotatable bonds is 4. The molecule has 2 atom stereocenters. The van der Waals surface area contributed by atoms with Crippen LogP contribution in [0.3, 0.4) is 0 Å². The normalized spacial score (nSPS) is 23.1. The SMILES string of the molecule is Cc1ccc(NCC2CCCC(O)C2)cc1[N+](=O)[O-]. The molecule has 0 radical (unpaired) electrons. The Kier molecular flexibility index (Phi) is 4.37. The first-order chi connectivity index (χ1) is 9.06. The number of nitro groups is 1. The van der Waals surface area contributed by atoms with E-state index < -0.39 is 0 Å². The zero-order valence-electron chi connectivity index (χ0n) is 11.1. The Balaban J connectivity index is 1.96. The zero-order valence-corrected chi connectivity index (χ0v) is 11.1. The van der Waals surface area contributed by atoms with E-state index in [1.54, 1.807) is 19.1 Å². The molecule has 0 heterocycles. The minimum Gasteiger partial charge on any atom is -0.393 e. The maximum Gasteiger partial charge on any atom is 0.274 e. The van der Waals surface area contributed by atoms with Crippen molar-refractivity contribution in [3.05, 3.63) is 33.9 Å². The lowest BCUT2D eigenvalue weighted by Crippen LogP contribution is -2.25. The van der Waals surface area contributed by atoms with Crippen molar-refractivity contribution in [1.29, 1.82) is 0 Å². The minimum absolute atomic E-state index is 0.147. The molecule has 1 fully saturated rings. The predicted octanol–water partition coefficient (Wildman–Crippen LogP) is 2.87. The standard InChI is InChI=1S/C14H20N2O3/c1-10-5-6-12(8-14(10)16(18)19)15-9-11-3-2-4-13(17)7-11/h5-6,8,11,13,15,17H,2-4,7,9H2,1H3. The molecule has 1 aromatic rings. The van der Waals surface area contributed by atoms with Gasteiger partial charge in [-0.2, -0.15) is 0 Å². The fourth-order valence-corrected chi connectivity index (χ4v) is 2.63. The quantitative estimate of drug-likeness (QED) is 0.647. The van der Waals surface area contributed by atoms with Gasteiger partial charge in [0.15, 0.2) is 0 Å². The lowest BCUT2D eigenvalue weighted by Gasteiger charge is -2.26. The van der Waals surface area contributed by atoms with Gasteiger partial charge in [0.05, 0.1) is 11.0 Å². The summed E-state index contributed by atoms with van der Waals surface area (Å²) >= 11 is 0. The van der Waals surface area contributed by atoms with E-state index in [0.29, 0.717) is 11.5 Å². The number of nitrogens with one attached hydrogen (secondary N) is 1. The van der Waals surface area contributed by atoms with Gasteiger partial charge in [-0.3, -0.25) is 10.1 Å². The molecule has 2 N–H and O–H groups in total. The molecule has 0 spiro atoms. The largest absolute Gasteiger partial charge is 0.393 e. The van der Waals surface area contributed by atoms with Crippen LogP contribution in [0.5, 0.6) is 0 Å². The molecule has 0 aliphatic heterocycles. The van der Waals surface area contributed by atoms with Crippen LogP contribution in [0.1, 0.15) is 31.2 Å². The Morgan fingerprint density at radius 2 is 2.26 bits per heavy atom.